The van der Waals surface area contributed by atoms with Crippen LogP contribution in [0.3, 0.4) is 0 Å². The molecule has 2 aliphatic rings. The molecule has 0 bridgehead atoms. The molecule has 0 spiro atoms. The molecule has 202 valence electrons. The average molecular weight is 514 g/mol. The van der Waals surface area contributed by atoms with Crippen LogP contribution in [0.25, 0.3) is 0 Å². The molecule has 3 amide bonds. The number of aromatic nitrogens is 1. The number of methoxy groups -OCH3 is 1. The predicted octanol–water partition coefficient (Wildman–Crippen LogP) is 4.15. The van der Waals surface area contributed by atoms with Gasteiger partial charge in [-0.25, -0.2) is 4.79 Å². The Morgan fingerprint density at radius 2 is 1.95 bits per heavy atom. The fraction of sp³-hybridized carbons (Fsp3) is 0.593. The maximum absolute atomic E-state index is 13.5. The quantitative estimate of drug-likeness (QED) is 0.618. The van der Waals surface area contributed by atoms with Crippen LogP contribution >= 0.6 is 0 Å². The zero-order chi connectivity index (χ0) is 26.7. The minimum absolute atomic E-state index is 0.103. The molecule has 0 unspecified atom stereocenters. The van der Waals surface area contributed by atoms with Gasteiger partial charge in [0.15, 0.2) is 5.76 Å². The van der Waals surface area contributed by atoms with Gasteiger partial charge in [-0.15, -0.1) is 0 Å². The second-order valence-electron chi connectivity index (χ2n) is 10.5. The van der Waals surface area contributed by atoms with Crippen LogP contribution in [0.5, 0.6) is 5.75 Å². The lowest BCUT2D eigenvalue weighted by Crippen LogP contribution is -2.47. The van der Waals surface area contributed by atoms with Crippen molar-refractivity contribution in [2.75, 3.05) is 51.0 Å². The number of fused-ring (bicyclic) bond motifs is 1. The highest BCUT2D eigenvalue weighted by atomic mass is 16.5. The Labute approximate surface area is 218 Å². The lowest BCUT2D eigenvalue weighted by molar-refractivity contribution is 0.00994. The summed E-state index contributed by atoms with van der Waals surface area (Å²) in [6, 6.07) is 4.86. The second-order valence-corrected chi connectivity index (χ2v) is 10.5. The summed E-state index contributed by atoms with van der Waals surface area (Å²) in [6.07, 6.45) is 2.46. The van der Waals surface area contributed by atoms with E-state index in [-0.39, 0.29) is 24.0 Å². The number of amides is 3. The van der Waals surface area contributed by atoms with Gasteiger partial charge in [0.2, 0.25) is 0 Å². The Morgan fingerprint density at radius 3 is 2.59 bits per heavy atom. The van der Waals surface area contributed by atoms with E-state index in [1.807, 2.05) is 0 Å². The van der Waals surface area contributed by atoms with E-state index >= 15 is 0 Å². The first-order valence-electron chi connectivity index (χ1n) is 13.0. The predicted molar refractivity (Wildman–Crippen MR) is 141 cm³/mol. The maximum Gasteiger partial charge on any atom is 0.323 e. The number of carbonyl (C=O) groups is 2. The molecular weight excluding hydrogens is 474 g/mol. The fourth-order valence-corrected chi connectivity index (χ4v) is 4.75. The van der Waals surface area contributed by atoms with Gasteiger partial charge < -0.3 is 29.5 Å². The molecule has 3 atom stereocenters. The molecule has 2 heterocycles. The van der Waals surface area contributed by atoms with E-state index in [0.29, 0.717) is 47.3 Å². The van der Waals surface area contributed by atoms with Gasteiger partial charge in [-0.05, 0) is 63.6 Å². The third-order valence-corrected chi connectivity index (χ3v) is 7.29. The van der Waals surface area contributed by atoms with E-state index in [9.17, 15) is 9.59 Å². The van der Waals surface area contributed by atoms with Crippen molar-refractivity contribution in [1.29, 1.82) is 0 Å². The standard InChI is InChI=1S/C27H39N5O5/c1-16-12-32(13-20-7-8-20)17(2)15-36-23-10-9-21(11-22(23)26(33)31(5)14-24(16)35-6)28-27(34)29-25-18(3)30-37-19(25)4/h9-11,16-17,20,24H,7-8,12-15H2,1-6H3,(H2,28,29,34)/t16-,17-,24+/m0/s1. The summed E-state index contributed by atoms with van der Waals surface area (Å²) in [6.45, 7) is 10.7. The van der Waals surface area contributed by atoms with Crippen molar-refractivity contribution in [2.24, 2.45) is 11.8 Å². The highest BCUT2D eigenvalue weighted by molar-refractivity contribution is 6.02. The molecular formula is C27H39N5O5. The Hall–Kier alpha value is -3.11. The first-order valence-corrected chi connectivity index (χ1v) is 13.0. The van der Waals surface area contributed by atoms with Gasteiger partial charge in [-0.3, -0.25) is 9.69 Å². The molecule has 10 heteroatoms. The van der Waals surface area contributed by atoms with Gasteiger partial charge in [0.05, 0.1) is 11.7 Å². The van der Waals surface area contributed by atoms with Crippen molar-refractivity contribution in [3.63, 3.8) is 0 Å². The molecule has 37 heavy (non-hydrogen) atoms. The molecule has 1 aromatic heterocycles. The zero-order valence-electron chi connectivity index (χ0n) is 22.7. The van der Waals surface area contributed by atoms with E-state index in [2.05, 4.69) is 34.5 Å². The topological polar surface area (TPSA) is 109 Å². The smallest absolute Gasteiger partial charge is 0.323 e. The number of aryl methyl sites for hydroxylation is 2. The van der Waals surface area contributed by atoms with Gasteiger partial charge in [0, 0.05) is 45.5 Å². The second kappa shape index (κ2) is 11.5. The zero-order valence-corrected chi connectivity index (χ0v) is 22.7. The number of benzene rings is 1. The number of likely N-dealkylation sites (N-methyl/N-ethyl adjacent to an activating group) is 1. The van der Waals surface area contributed by atoms with Crippen LogP contribution in [-0.2, 0) is 4.74 Å². The van der Waals surface area contributed by atoms with Gasteiger partial charge >= 0.3 is 6.03 Å². The van der Waals surface area contributed by atoms with Crippen molar-refractivity contribution >= 4 is 23.3 Å². The Morgan fingerprint density at radius 1 is 1.19 bits per heavy atom. The molecule has 0 radical (unpaired) electrons. The Kier molecular flexibility index (Phi) is 8.39. The number of hydrogen-bond donors (Lipinski definition) is 2. The van der Waals surface area contributed by atoms with E-state index in [1.165, 1.54) is 12.8 Å². The minimum atomic E-state index is -0.457. The van der Waals surface area contributed by atoms with Crippen LogP contribution < -0.4 is 15.4 Å². The van der Waals surface area contributed by atoms with Crippen LogP contribution in [0.2, 0.25) is 0 Å². The van der Waals surface area contributed by atoms with E-state index in [0.717, 1.165) is 19.0 Å². The van der Waals surface area contributed by atoms with Crippen molar-refractivity contribution < 1.29 is 23.6 Å². The highest BCUT2D eigenvalue weighted by Crippen LogP contribution is 2.32. The number of carbonyl (C=O) groups excluding carboxylic acids is 2. The van der Waals surface area contributed by atoms with Crippen molar-refractivity contribution in [3.8, 4) is 5.75 Å². The lowest BCUT2D eigenvalue weighted by Gasteiger charge is -2.36. The monoisotopic (exact) mass is 513 g/mol. The summed E-state index contributed by atoms with van der Waals surface area (Å²) >= 11 is 0. The summed E-state index contributed by atoms with van der Waals surface area (Å²) in [5.41, 5.74) is 1.97. The van der Waals surface area contributed by atoms with Gasteiger partial charge in [0.25, 0.3) is 5.91 Å². The molecule has 2 aromatic rings. The van der Waals surface area contributed by atoms with Gasteiger partial charge in [-0.2, -0.15) is 0 Å². The number of urea groups is 1. The third-order valence-electron chi connectivity index (χ3n) is 7.29. The molecule has 1 saturated carbocycles. The van der Waals surface area contributed by atoms with Crippen LogP contribution in [0.4, 0.5) is 16.2 Å². The number of rotatable bonds is 5. The third kappa shape index (κ3) is 6.61. The number of hydrogen-bond acceptors (Lipinski definition) is 7. The molecule has 10 nitrogen and oxygen atoms in total. The minimum Gasteiger partial charge on any atom is -0.491 e. The maximum atomic E-state index is 13.5. The van der Waals surface area contributed by atoms with Gasteiger partial charge in [0.1, 0.15) is 23.7 Å². The van der Waals surface area contributed by atoms with Crippen LogP contribution in [0.1, 0.15) is 48.5 Å². The SMILES string of the molecule is CO[C@@H]1CN(C)C(=O)c2cc(NC(=O)Nc3c(C)noc3C)ccc2OC[C@H](C)N(CC2CC2)C[C@@H]1C. The number of anilines is 2. The summed E-state index contributed by atoms with van der Waals surface area (Å²) in [7, 11) is 3.47. The number of nitrogens with one attached hydrogen (secondary N) is 2. The van der Waals surface area contributed by atoms with Crippen molar-refractivity contribution in [2.45, 2.75) is 52.7 Å². The molecule has 2 N–H and O–H groups in total. The lowest BCUT2D eigenvalue weighted by atomic mass is 10.0. The van der Waals surface area contributed by atoms with E-state index in [1.54, 1.807) is 51.1 Å². The summed E-state index contributed by atoms with van der Waals surface area (Å²) < 4.78 is 17.2. The van der Waals surface area contributed by atoms with E-state index < -0.39 is 6.03 Å². The Balaban J connectivity index is 1.57. The fourth-order valence-electron chi connectivity index (χ4n) is 4.75. The van der Waals surface area contributed by atoms with Crippen LogP contribution in [-0.4, -0.2) is 79.4 Å². The normalized spacial score (nSPS) is 23.5. The molecule has 4 rings (SSSR count). The summed E-state index contributed by atoms with van der Waals surface area (Å²) in [5, 5.41) is 9.41. The van der Waals surface area contributed by atoms with Crippen molar-refractivity contribution in [1.82, 2.24) is 15.0 Å². The van der Waals surface area contributed by atoms with Crippen molar-refractivity contribution in [3.05, 3.63) is 35.2 Å². The van der Waals surface area contributed by atoms with Crippen LogP contribution in [0, 0.1) is 25.7 Å². The molecule has 1 aliphatic heterocycles. The summed E-state index contributed by atoms with van der Waals surface area (Å²) in [5.74, 6) is 1.81. The largest absolute Gasteiger partial charge is 0.491 e. The molecule has 1 fully saturated rings. The summed E-state index contributed by atoms with van der Waals surface area (Å²) in [4.78, 5) is 30.3. The molecule has 1 aromatic carbocycles. The first-order chi connectivity index (χ1) is 17.7. The Bertz CT molecular complexity index is 1100. The van der Waals surface area contributed by atoms with Gasteiger partial charge in [-0.1, -0.05) is 12.1 Å². The number of nitrogens with zero attached hydrogens (tertiary/aromatic N) is 3. The van der Waals surface area contributed by atoms with Crippen LogP contribution in [0.15, 0.2) is 22.7 Å². The first kappa shape index (κ1) is 26.9. The average Bonchev–Trinajstić information content (AvgIpc) is 3.64. The molecule has 1 aliphatic carbocycles. The molecule has 0 saturated heterocycles. The van der Waals surface area contributed by atoms with E-state index in [4.69, 9.17) is 14.0 Å². The number of ether oxygens (including phenoxy) is 2. The highest BCUT2D eigenvalue weighted by Gasteiger charge is 2.31.